The van der Waals surface area contributed by atoms with Crippen LogP contribution in [0.25, 0.3) is 0 Å². The molecule has 3 amide bonds. The number of aliphatic hydroxyl groups is 14. The minimum absolute atomic E-state index is 0.671. The van der Waals surface area contributed by atoms with E-state index < -0.39 is 204 Å². The molecule has 1 unspecified atom stereocenters. The van der Waals surface area contributed by atoms with E-state index in [2.05, 4.69) is 16.0 Å². The number of carbonyl (C=O) groups excluding carboxylic acids is 3. The van der Waals surface area contributed by atoms with Crippen LogP contribution in [0.3, 0.4) is 0 Å². The SMILES string of the molecule is CC(=O)N[C@H]1[C@H](OC[C@H]2OC(O)[C@H](NC(C)=O)[C@@H](O[C@@H]3O[C@H](CO[C@@H]4O[C@H](CO)[C@@H](O)[C@H](O)[C@H]4NC(C)=O)[C@H](O)[C@H](O)[C@H]3O)[C@H]2O)O[C@H](CO)[C@@H](O[C@@H]2O[C@H](CO)[C@H](O)[C@H](O)[C@H]2O)[C@@H]1O. The first-order chi connectivity index (χ1) is 30.6. The highest BCUT2D eigenvalue weighted by Gasteiger charge is 2.55. The van der Waals surface area contributed by atoms with Crippen molar-refractivity contribution in [3.63, 3.8) is 0 Å². The van der Waals surface area contributed by atoms with Crippen LogP contribution in [0.2, 0.25) is 0 Å². The Labute approximate surface area is 369 Å². The molecule has 0 saturated carbocycles. The minimum Gasteiger partial charge on any atom is -0.394 e. The maximum absolute atomic E-state index is 12.3. The standard InChI is InChI=1S/C36H61N3O26/c1-9(43)37-17-24(50)20(46)12(4-40)60-33(17)57-7-15-22(48)27(53)29(55)36(63-15)65-31-19(39-11(3)45)32(56)59-16(23(31)49)8-58-34-18(38-10(2)44)25(51)30(14(6-42)62-34)64-35-28(54)26(52)21(47)13(5-41)61-35/h12-36,40-42,46-56H,4-8H2,1-3H3,(H,37,43)(H,38,44)(H,39,45)/t12-,13-,14-,15-,16-,17-,18-,19-,20-,21+,22+,23+,24-,25-,26+,27+,28-,29-,30-,31-,32?,33-,34-,35+,36+/m1/s1. The molecule has 29 nitrogen and oxygen atoms in total. The molecule has 5 heterocycles. The molecule has 0 aromatic heterocycles. The van der Waals surface area contributed by atoms with E-state index in [1.54, 1.807) is 0 Å². The van der Waals surface area contributed by atoms with E-state index in [1.165, 1.54) is 0 Å². The van der Waals surface area contributed by atoms with Crippen molar-refractivity contribution < 1.29 is 129 Å². The lowest BCUT2D eigenvalue weighted by Gasteiger charge is -2.48. The topological polar surface area (TPSA) is 454 Å². The average molecular weight is 952 g/mol. The molecule has 5 aliphatic rings. The molecule has 5 rings (SSSR count). The summed E-state index contributed by atoms with van der Waals surface area (Å²) in [4.78, 5) is 36.4. The molecule has 376 valence electrons. The monoisotopic (exact) mass is 951 g/mol. The Balaban J connectivity index is 1.31. The zero-order valence-corrected chi connectivity index (χ0v) is 35.1. The number of nitrogens with one attached hydrogen (secondary N) is 3. The first-order valence-electron chi connectivity index (χ1n) is 20.6. The third kappa shape index (κ3) is 12.2. The largest absolute Gasteiger partial charge is 0.394 e. The van der Waals surface area contributed by atoms with Crippen molar-refractivity contribution in [1.82, 2.24) is 16.0 Å². The van der Waals surface area contributed by atoms with Gasteiger partial charge in [-0.2, -0.15) is 0 Å². The van der Waals surface area contributed by atoms with Gasteiger partial charge in [0.05, 0.1) is 33.0 Å². The van der Waals surface area contributed by atoms with Crippen molar-refractivity contribution in [1.29, 1.82) is 0 Å². The Bertz CT molecular complexity index is 1560. The highest BCUT2D eigenvalue weighted by Crippen LogP contribution is 2.33. The van der Waals surface area contributed by atoms with Gasteiger partial charge in [-0.1, -0.05) is 0 Å². The van der Waals surface area contributed by atoms with Crippen LogP contribution in [0.5, 0.6) is 0 Å². The van der Waals surface area contributed by atoms with E-state index in [0.29, 0.717) is 0 Å². The third-order valence-corrected chi connectivity index (χ3v) is 11.5. The molecule has 5 fully saturated rings. The summed E-state index contributed by atoms with van der Waals surface area (Å²) in [5, 5.41) is 155. The van der Waals surface area contributed by atoms with Gasteiger partial charge in [-0.3, -0.25) is 14.4 Å². The van der Waals surface area contributed by atoms with E-state index in [9.17, 15) is 85.9 Å². The molecule has 29 heteroatoms. The first-order valence-corrected chi connectivity index (χ1v) is 20.6. The van der Waals surface area contributed by atoms with Crippen LogP contribution in [0, 0.1) is 0 Å². The smallest absolute Gasteiger partial charge is 0.217 e. The van der Waals surface area contributed by atoms with E-state index in [0.717, 1.165) is 20.8 Å². The fourth-order valence-electron chi connectivity index (χ4n) is 8.04. The highest BCUT2D eigenvalue weighted by molar-refractivity contribution is 5.74. The molecule has 0 bridgehead atoms. The van der Waals surface area contributed by atoms with Gasteiger partial charge >= 0.3 is 0 Å². The van der Waals surface area contributed by atoms with Gasteiger partial charge < -0.3 is 130 Å². The summed E-state index contributed by atoms with van der Waals surface area (Å²) >= 11 is 0. The fourth-order valence-corrected chi connectivity index (χ4v) is 8.04. The molecule has 0 aromatic rings. The van der Waals surface area contributed by atoms with E-state index in [1.807, 2.05) is 0 Å². The molecule has 0 spiro atoms. The average Bonchev–Trinajstić information content (AvgIpc) is 3.25. The van der Waals surface area contributed by atoms with Crippen molar-refractivity contribution in [2.45, 2.75) is 174 Å². The lowest BCUT2D eigenvalue weighted by atomic mass is 9.94. The molecule has 0 aliphatic carbocycles. The van der Waals surface area contributed by atoms with E-state index in [4.69, 9.17) is 42.6 Å². The molecular formula is C36H61N3O26. The number of hydrogen-bond donors (Lipinski definition) is 17. The van der Waals surface area contributed by atoms with Gasteiger partial charge in [-0.25, -0.2) is 0 Å². The summed E-state index contributed by atoms with van der Waals surface area (Å²) in [6.07, 6.45) is -39.0. The summed E-state index contributed by atoms with van der Waals surface area (Å²) < 4.78 is 50.9. The molecule has 0 aromatic carbocycles. The predicted molar refractivity (Wildman–Crippen MR) is 201 cm³/mol. The quantitative estimate of drug-likeness (QED) is 0.0683. The summed E-state index contributed by atoms with van der Waals surface area (Å²) in [6.45, 7) is -0.819. The van der Waals surface area contributed by atoms with Gasteiger partial charge in [0.25, 0.3) is 0 Å². The maximum Gasteiger partial charge on any atom is 0.217 e. The van der Waals surface area contributed by atoms with Gasteiger partial charge in [0.1, 0.15) is 122 Å². The van der Waals surface area contributed by atoms with Crippen LogP contribution >= 0.6 is 0 Å². The lowest BCUT2D eigenvalue weighted by Crippen LogP contribution is -2.69. The number of carbonyl (C=O) groups is 3. The fraction of sp³-hybridized carbons (Fsp3) is 0.917. The van der Waals surface area contributed by atoms with Crippen molar-refractivity contribution in [2.24, 2.45) is 0 Å². The van der Waals surface area contributed by atoms with E-state index >= 15 is 0 Å². The van der Waals surface area contributed by atoms with Crippen LogP contribution < -0.4 is 16.0 Å². The predicted octanol–water partition coefficient (Wildman–Crippen LogP) is -11.5. The van der Waals surface area contributed by atoms with Crippen LogP contribution in [0.4, 0.5) is 0 Å². The van der Waals surface area contributed by atoms with Crippen molar-refractivity contribution >= 4 is 17.7 Å². The first kappa shape index (κ1) is 53.4. The Kier molecular flexibility index (Phi) is 19.1. The Morgan fingerprint density at radius 3 is 1.25 bits per heavy atom. The van der Waals surface area contributed by atoms with Crippen LogP contribution in [-0.4, -0.2) is 276 Å². The maximum atomic E-state index is 12.3. The number of rotatable bonds is 16. The van der Waals surface area contributed by atoms with Gasteiger partial charge in [0, 0.05) is 20.8 Å². The third-order valence-electron chi connectivity index (χ3n) is 11.5. The minimum atomic E-state index is -2.08. The molecule has 0 radical (unpaired) electrons. The van der Waals surface area contributed by atoms with Crippen LogP contribution in [0.15, 0.2) is 0 Å². The van der Waals surface area contributed by atoms with Crippen LogP contribution in [-0.2, 0) is 57.0 Å². The van der Waals surface area contributed by atoms with Gasteiger partial charge in [-0.15, -0.1) is 0 Å². The molecule has 25 atom stereocenters. The second kappa shape index (κ2) is 23.2. The Morgan fingerprint density at radius 2 is 0.769 bits per heavy atom. The highest BCUT2D eigenvalue weighted by atomic mass is 16.8. The molecule has 17 N–H and O–H groups in total. The second-order valence-electron chi connectivity index (χ2n) is 16.2. The molecule has 5 saturated heterocycles. The zero-order chi connectivity index (χ0) is 48.2. The van der Waals surface area contributed by atoms with Crippen molar-refractivity contribution in [3.8, 4) is 0 Å². The summed E-state index contributed by atoms with van der Waals surface area (Å²) in [7, 11) is 0. The number of hydrogen-bond acceptors (Lipinski definition) is 26. The Morgan fingerprint density at radius 1 is 0.400 bits per heavy atom. The van der Waals surface area contributed by atoms with Gasteiger partial charge in [0.2, 0.25) is 17.7 Å². The number of ether oxygens (including phenoxy) is 9. The summed E-state index contributed by atoms with van der Waals surface area (Å²) in [5.74, 6) is -2.19. The lowest BCUT2D eigenvalue weighted by molar-refractivity contribution is -0.358. The second-order valence-corrected chi connectivity index (χ2v) is 16.2. The Hall–Kier alpha value is -2.51. The summed E-state index contributed by atoms with van der Waals surface area (Å²) in [5.41, 5.74) is 0. The van der Waals surface area contributed by atoms with Crippen molar-refractivity contribution in [2.75, 3.05) is 33.0 Å². The van der Waals surface area contributed by atoms with E-state index in [-0.39, 0.29) is 0 Å². The van der Waals surface area contributed by atoms with Gasteiger partial charge in [-0.05, 0) is 0 Å². The van der Waals surface area contributed by atoms with Crippen molar-refractivity contribution in [3.05, 3.63) is 0 Å². The van der Waals surface area contributed by atoms with Crippen LogP contribution in [0.1, 0.15) is 20.8 Å². The number of aliphatic hydroxyl groups excluding tert-OH is 14. The number of amides is 3. The molecule has 65 heavy (non-hydrogen) atoms. The molecule has 5 aliphatic heterocycles. The zero-order valence-electron chi connectivity index (χ0n) is 35.1. The van der Waals surface area contributed by atoms with Gasteiger partial charge in [0.15, 0.2) is 31.5 Å². The normalized spacial score (nSPS) is 47.1. The molecular weight excluding hydrogens is 890 g/mol. The summed E-state index contributed by atoms with van der Waals surface area (Å²) in [6, 6.07) is -4.62.